The molecule has 0 atom stereocenters. The first-order chi connectivity index (χ1) is 11.2. The highest BCUT2D eigenvalue weighted by Gasteiger charge is 2.11. The highest BCUT2D eigenvalue weighted by Crippen LogP contribution is 2.25. The molecule has 1 aliphatic rings. The van der Waals surface area contributed by atoms with Crippen molar-refractivity contribution in [2.45, 2.75) is 13.0 Å². The predicted octanol–water partition coefficient (Wildman–Crippen LogP) is 1.34. The predicted molar refractivity (Wildman–Crippen MR) is 87.5 cm³/mol. The number of aryl methyl sites for hydroxylation is 1. The standard InChI is InChI=1S/C17H21N3O3/c21-16-5-2-1-4-14(16)15-6-7-17(22)20(18-15)9-3-8-19-10-12-23-13-11-19/h1-2,4-7,21H,3,8-13H2. The number of para-hydroxylation sites is 1. The molecular weight excluding hydrogens is 294 g/mol. The second-order valence-electron chi connectivity index (χ2n) is 5.60. The van der Waals surface area contributed by atoms with Crippen molar-refractivity contribution < 1.29 is 9.84 Å². The summed E-state index contributed by atoms with van der Waals surface area (Å²) in [6.45, 7) is 4.94. The Kier molecular flexibility index (Phi) is 5.05. The maximum absolute atomic E-state index is 12.0. The number of morpholine rings is 1. The second kappa shape index (κ2) is 7.39. The molecule has 0 aliphatic carbocycles. The lowest BCUT2D eigenvalue weighted by Crippen LogP contribution is -2.37. The van der Waals surface area contributed by atoms with Crippen molar-refractivity contribution in [2.75, 3.05) is 32.8 Å². The molecule has 0 amide bonds. The topological polar surface area (TPSA) is 67.6 Å². The second-order valence-corrected chi connectivity index (χ2v) is 5.60. The van der Waals surface area contributed by atoms with E-state index in [0.717, 1.165) is 39.3 Å². The van der Waals surface area contributed by atoms with E-state index < -0.39 is 0 Å². The number of phenolic OH excluding ortho intramolecular Hbond substituents is 1. The Morgan fingerprint density at radius 2 is 1.87 bits per heavy atom. The minimum atomic E-state index is -0.119. The van der Waals surface area contributed by atoms with E-state index in [1.54, 1.807) is 24.3 Å². The molecule has 1 N–H and O–H groups in total. The lowest BCUT2D eigenvalue weighted by Gasteiger charge is -2.26. The normalized spacial score (nSPS) is 15.7. The van der Waals surface area contributed by atoms with Gasteiger partial charge in [0.25, 0.3) is 5.56 Å². The van der Waals surface area contributed by atoms with Gasteiger partial charge in [0.2, 0.25) is 0 Å². The van der Waals surface area contributed by atoms with E-state index in [2.05, 4.69) is 10.00 Å². The average Bonchev–Trinajstić information content (AvgIpc) is 2.58. The summed E-state index contributed by atoms with van der Waals surface area (Å²) in [6.07, 6.45) is 0.858. The van der Waals surface area contributed by atoms with Crippen molar-refractivity contribution >= 4 is 0 Å². The van der Waals surface area contributed by atoms with Crippen molar-refractivity contribution in [3.05, 3.63) is 46.8 Å². The number of aromatic hydroxyl groups is 1. The third-order valence-electron chi connectivity index (χ3n) is 3.99. The third kappa shape index (κ3) is 3.97. The molecule has 1 aromatic carbocycles. The molecule has 2 heterocycles. The number of ether oxygens (including phenoxy) is 1. The number of rotatable bonds is 5. The molecule has 1 fully saturated rings. The van der Waals surface area contributed by atoms with Gasteiger partial charge in [0.1, 0.15) is 5.75 Å². The molecule has 23 heavy (non-hydrogen) atoms. The van der Waals surface area contributed by atoms with Crippen molar-refractivity contribution in [1.82, 2.24) is 14.7 Å². The Morgan fingerprint density at radius 3 is 2.65 bits per heavy atom. The van der Waals surface area contributed by atoms with Gasteiger partial charge < -0.3 is 9.84 Å². The molecule has 0 bridgehead atoms. The Labute approximate surface area is 134 Å². The van der Waals surface area contributed by atoms with Crippen LogP contribution in [0, 0.1) is 0 Å². The number of nitrogens with zero attached hydrogens (tertiary/aromatic N) is 3. The van der Waals surface area contributed by atoms with Gasteiger partial charge in [-0.1, -0.05) is 12.1 Å². The van der Waals surface area contributed by atoms with Crippen molar-refractivity contribution in [2.24, 2.45) is 0 Å². The van der Waals surface area contributed by atoms with Crippen LogP contribution in [-0.2, 0) is 11.3 Å². The summed E-state index contributed by atoms with van der Waals surface area (Å²) in [6, 6.07) is 10.2. The Morgan fingerprint density at radius 1 is 1.09 bits per heavy atom. The SMILES string of the molecule is O=c1ccc(-c2ccccc2O)nn1CCCN1CCOCC1. The third-order valence-corrected chi connectivity index (χ3v) is 3.99. The summed E-state index contributed by atoms with van der Waals surface area (Å²) in [4.78, 5) is 14.3. The maximum Gasteiger partial charge on any atom is 0.266 e. The van der Waals surface area contributed by atoms with Crippen LogP contribution in [-0.4, -0.2) is 52.6 Å². The smallest absolute Gasteiger partial charge is 0.266 e. The fourth-order valence-corrected chi connectivity index (χ4v) is 2.71. The van der Waals surface area contributed by atoms with Crippen molar-refractivity contribution in [1.29, 1.82) is 0 Å². The van der Waals surface area contributed by atoms with Crippen molar-refractivity contribution in [3.8, 4) is 17.0 Å². The van der Waals surface area contributed by atoms with Gasteiger partial charge in [-0.2, -0.15) is 5.10 Å². The molecule has 122 valence electrons. The fourth-order valence-electron chi connectivity index (χ4n) is 2.71. The number of hydrogen-bond donors (Lipinski definition) is 1. The van der Waals surface area contributed by atoms with Crippen LogP contribution in [0.15, 0.2) is 41.2 Å². The monoisotopic (exact) mass is 315 g/mol. The molecule has 1 aliphatic heterocycles. The first kappa shape index (κ1) is 15.7. The van der Waals surface area contributed by atoms with Crippen LogP contribution in [0.2, 0.25) is 0 Å². The minimum Gasteiger partial charge on any atom is -0.507 e. The molecule has 1 aromatic heterocycles. The molecule has 2 aromatic rings. The summed E-state index contributed by atoms with van der Waals surface area (Å²) in [7, 11) is 0. The molecule has 0 saturated carbocycles. The molecule has 3 rings (SSSR count). The molecule has 1 saturated heterocycles. The van der Waals surface area contributed by atoms with Gasteiger partial charge in [0.15, 0.2) is 0 Å². The summed E-state index contributed by atoms with van der Waals surface area (Å²) in [5, 5.41) is 14.3. The molecular formula is C17H21N3O3. The van der Waals surface area contributed by atoms with Gasteiger partial charge in [-0.05, 0) is 24.6 Å². The molecule has 0 spiro atoms. The van der Waals surface area contributed by atoms with Crippen LogP contribution >= 0.6 is 0 Å². The molecule has 0 radical (unpaired) electrons. The van der Waals surface area contributed by atoms with Crippen molar-refractivity contribution in [3.63, 3.8) is 0 Å². The Hall–Kier alpha value is -2.18. The highest BCUT2D eigenvalue weighted by molar-refractivity contribution is 5.65. The van der Waals surface area contributed by atoms with E-state index >= 15 is 0 Å². The zero-order valence-electron chi connectivity index (χ0n) is 13.0. The van der Waals surface area contributed by atoms with Crippen LogP contribution in [0.3, 0.4) is 0 Å². The van der Waals surface area contributed by atoms with E-state index in [9.17, 15) is 9.90 Å². The zero-order chi connectivity index (χ0) is 16.1. The fraction of sp³-hybridized carbons (Fsp3) is 0.412. The van der Waals surface area contributed by atoms with Crippen LogP contribution in [0.1, 0.15) is 6.42 Å². The number of hydrogen-bond acceptors (Lipinski definition) is 5. The van der Waals surface area contributed by atoms with Gasteiger partial charge in [-0.15, -0.1) is 0 Å². The number of aromatic nitrogens is 2. The van der Waals surface area contributed by atoms with E-state index in [1.807, 2.05) is 6.07 Å². The largest absolute Gasteiger partial charge is 0.507 e. The maximum atomic E-state index is 12.0. The minimum absolute atomic E-state index is 0.119. The van der Waals surface area contributed by atoms with Gasteiger partial charge in [-0.25, -0.2) is 4.68 Å². The first-order valence-corrected chi connectivity index (χ1v) is 7.91. The Balaban J connectivity index is 1.68. The van der Waals surface area contributed by atoms with Crippen LogP contribution < -0.4 is 5.56 Å². The molecule has 0 unspecified atom stereocenters. The van der Waals surface area contributed by atoms with Gasteiger partial charge in [-0.3, -0.25) is 9.69 Å². The quantitative estimate of drug-likeness (QED) is 0.902. The lowest BCUT2D eigenvalue weighted by atomic mass is 10.1. The zero-order valence-corrected chi connectivity index (χ0v) is 13.0. The van der Waals surface area contributed by atoms with E-state index in [4.69, 9.17) is 4.74 Å². The van der Waals surface area contributed by atoms with Gasteiger partial charge in [0, 0.05) is 37.8 Å². The lowest BCUT2D eigenvalue weighted by molar-refractivity contribution is 0.0368. The number of benzene rings is 1. The summed E-state index contributed by atoms with van der Waals surface area (Å²) >= 11 is 0. The van der Waals surface area contributed by atoms with Gasteiger partial charge in [0.05, 0.1) is 18.9 Å². The highest BCUT2D eigenvalue weighted by atomic mass is 16.5. The van der Waals surface area contributed by atoms with Crippen LogP contribution in [0.4, 0.5) is 0 Å². The van der Waals surface area contributed by atoms with E-state index in [-0.39, 0.29) is 11.3 Å². The summed E-state index contributed by atoms with van der Waals surface area (Å²) in [5.41, 5.74) is 1.12. The number of phenols is 1. The summed E-state index contributed by atoms with van der Waals surface area (Å²) in [5.74, 6) is 0.165. The van der Waals surface area contributed by atoms with Gasteiger partial charge >= 0.3 is 0 Å². The molecule has 6 nitrogen and oxygen atoms in total. The summed E-state index contributed by atoms with van der Waals surface area (Å²) < 4.78 is 6.80. The molecule has 6 heteroatoms. The Bertz CT molecular complexity index is 708. The first-order valence-electron chi connectivity index (χ1n) is 7.91. The van der Waals surface area contributed by atoms with Crippen LogP contribution in [0.5, 0.6) is 5.75 Å². The van der Waals surface area contributed by atoms with Crippen LogP contribution in [0.25, 0.3) is 11.3 Å². The average molecular weight is 315 g/mol. The van der Waals surface area contributed by atoms with E-state index in [1.165, 1.54) is 10.7 Å². The van der Waals surface area contributed by atoms with E-state index in [0.29, 0.717) is 17.8 Å².